The first kappa shape index (κ1) is 15.0. The maximum absolute atomic E-state index is 5.48. The average Bonchev–Trinajstić information content (AvgIpc) is 2.89. The van der Waals surface area contributed by atoms with Crippen LogP contribution in [0.4, 0.5) is 11.8 Å². The van der Waals surface area contributed by atoms with Crippen molar-refractivity contribution < 1.29 is 9.47 Å². The van der Waals surface area contributed by atoms with Crippen LogP contribution in [-0.2, 0) is 9.47 Å². The first-order chi connectivity index (χ1) is 9.69. The minimum Gasteiger partial charge on any atom is -0.377 e. The van der Waals surface area contributed by atoms with E-state index in [2.05, 4.69) is 27.1 Å². The van der Waals surface area contributed by atoms with Gasteiger partial charge in [-0.1, -0.05) is 6.92 Å². The van der Waals surface area contributed by atoms with E-state index in [0.717, 1.165) is 37.4 Å². The van der Waals surface area contributed by atoms with E-state index < -0.39 is 0 Å². The summed E-state index contributed by atoms with van der Waals surface area (Å²) in [4.78, 5) is 11.1. The van der Waals surface area contributed by atoms with Crippen LogP contribution in [0.5, 0.6) is 0 Å². The fraction of sp³-hybridized carbons (Fsp3) is 0.714. The van der Waals surface area contributed by atoms with Gasteiger partial charge in [0, 0.05) is 45.6 Å². The largest absolute Gasteiger partial charge is 0.377 e. The molecular formula is C14H24N4O2. The van der Waals surface area contributed by atoms with Crippen LogP contribution in [0.15, 0.2) is 6.20 Å². The molecule has 0 saturated carbocycles. The Hall–Kier alpha value is -1.40. The monoisotopic (exact) mass is 280 g/mol. The van der Waals surface area contributed by atoms with Gasteiger partial charge >= 0.3 is 0 Å². The number of nitrogens with zero attached hydrogens (tertiary/aromatic N) is 3. The van der Waals surface area contributed by atoms with Crippen LogP contribution in [0.3, 0.4) is 0 Å². The second-order valence-corrected chi connectivity index (χ2v) is 5.08. The highest BCUT2D eigenvalue weighted by Gasteiger charge is 2.34. The lowest BCUT2D eigenvalue weighted by atomic mass is 10.3. The Labute approximate surface area is 120 Å². The van der Waals surface area contributed by atoms with Gasteiger partial charge in [0.1, 0.15) is 18.0 Å². The zero-order chi connectivity index (χ0) is 14.5. The third-order valence-electron chi connectivity index (χ3n) is 3.60. The summed E-state index contributed by atoms with van der Waals surface area (Å²) in [5.74, 6) is 1.64. The van der Waals surface area contributed by atoms with E-state index in [-0.39, 0.29) is 12.2 Å². The molecule has 1 aliphatic heterocycles. The molecule has 6 heteroatoms. The lowest BCUT2D eigenvalue weighted by Gasteiger charge is -2.19. The summed E-state index contributed by atoms with van der Waals surface area (Å²) in [6, 6.07) is 0. The third-order valence-corrected chi connectivity index (χ3v) is 3.60. The molecule has 0 spiro atoms. The van der Waals surface area contributed by atoms with E-state index in [1.807, 2.05) is 13.1 Å². The summed E-state index contributed by atoms with van der Waals surface area (Å²) in [7, 11) is 3.45. The van der Waals surface area contributed by atoms with Crippen molar-refractivity contribution in [3.8, 4) is 0 Å². The number of hydrogen-bond donors (Lipinski definition) is 1. The van der Waals surface area contributed by atoms with Crippen LogP contribution >= 0.6 is 0 Å². The maximum atomic E-state index is 5.48. The van der Waals surface area contributed by atoms with E-state index in [9.17, 15) is 0 Å². The Bertz CT molecular complexity index is 429. The Kier molecular flexibility index (Phi) is 5.14. The molecule has 1 N–H and O–H groups in total. The Morgan fingerprint density at radius 2 is 1.95 bits per heavy atom. The van der Waals surface area contributed by atoms with Crippen LogP contribution in [0, 0.1) is 6.92 Å². The molecule has 20 heavy (non-hydrogen) atoms. The molecule has 1 saturated heterocycles. The lowest BCUT2D eigenvalue weighted by molar-refractivity contribution is -0.00461. The maximum Gasteiger partial charge on any atom is 0.224 e. The Morgan fingerprint density at radius 3 is 2.50 bits per heavy atom. The molecule has 0 radical (unpaired) electrons. The Morgan fingerprint density at radius 1 is 1.30 bits per heavy atom. The lowest BCUT2D eigenvalue weighted by Crippen LogP contribution is -2.27. The van der Waals surface area contributed by atoms with Crippen molar-refractivity contribution in [2.75, 3.05) is 44.1 Å². The molecule has 1 aromatic rings. The van der Waals surface area contributed by atoms with E-state index in [1.165, 1.54) is 0 Å². The molecule has 1 aromatic heterocycles. The predicted molar refractivity (Wildman–Crippen MR) is 79.4 cm³/mol. The predicted octanol–water partition coefficient (Wildman–Crippen LogP) is 1.46. The highest BCUT2D eigenvalue weighted by Crippen LogP contribution is 2.25. The van der Waals surface area contributed by atoms with E-state index in [1.54, 1.807) is 14.2 Å². The fourth-order valence-corrected chi connectivity index (χ4v) is 2.44. The summed E-state index contributed by atoms with van der Waals surface area (Å²) in [6.07, 6.45) is 3.08. The van der Waals surface area contributed by atoms with E-state index >= 15 is 0 Å². The fourth-order valence-electron chi connectivity index (χ4n) is 2.44. The Balaban J connectivity index is 2.15. The first-order valence-electron chi connectivity index (χ1n) is 7.07. The van der Waals surface area contributed by atoms with Crippen molar-refractivity contribution in [1.29, 1.82) is 0 Å². The number of rotatable bonds is 6. The van der Waals surface area contributed by atoms with Gasteiger partial charge < -0.3 is 19.7 Å². The number of anilines is 2. The van der Waals surface area contributed by atoms with Crippen LogP contribution < -0.4 is 10.2 Å². The minimum atomic E-state index is 0.0846. The SMILES string of the molecule is CCCNc1ncc(C)c(N2CC(OC)C(OC)C2)n1. The van der Waals surface area contributed by atoms with Crippen molar-refractivity contribution in [3.63, 3.8) is 0 Å². The molecule has 2 unspecified atom stereocenters. The standard InChI is InChI=1S/C14H24N4O2/c1-5-6-15-14-16-7-10(2)13(17-14)18-8-11(19-3)12(9-18)20-4/h7,11-12H,5-6,8-9H2,1-4H3,(H,15,16,17). The van der Waals surface area contributed by atoms with Crippen molar-refractivity contribution in [3.05, 3.63) is 11.8 Å². The quantitative estimate of drug-likeness (QED) is 0.851. The molecule has 0 aliphatic carbocycles. The zero-order valence-electron chi connectivity index (χ0n) is 12.7. The van der Waals surface area contributed by atoms with Crippen molar-refractivity contribution in [2.24, 2.45) is 0 Å². The van der Waals surface area contributed by atoms with Crippen LogP contribution in [0.25, 0.3) is 0 Å². The topological polar surface area (TPSA) is 59.5 Å². The number of nitrogens with one attached hydrogen (secondary N) is 1. The molecule has 2 atom stereocenters. The molecule has 112 valence electrons. The second kappa shape index (κ2) is 6.85. The molecule has 0 aromatic carbocycles. The van der Waals surface area contributed by atoms with Gasteiger partial charge in [0.25, 0.3) is 0 Å². The third kappa shape index (κ3) is 3.19. The number of hydrogen-bond acceptors (Lipinski definition) is 6. The van der Waals surface area contributed by atoms with Crippen molar-refractivity contribution >= 4 is 11.8 Å². The zero-order valence-corrected chi connectivity index (χ0v) is 12.7. The number of aryl methyl sites for hydroxylation is 1. The van der Waals surface area contributed by atoms with Crippen molar-refractivity contribution in [2.45, 2.75) is 32.5 Å². The van der Waals surface area contributed by atoms with Gasteiger partial charge in [-0.25, -0.2) is 4.98 Å². The van der Waals surface area contributed by atoms with Gasteiger partial charge in [-0.3, -0.25) is 0 Å². The summed E-state index contributed by atoms with van der Waals surface area (Å²) >= 11 is 0. The minimum absolute atomic E-state index is 0.0846. The summed E-state index contributed by atoms with van der Waals surface area (Å²) in [6.45, 7) is 6.61. The summed E-state index contributed by atoms with van der Waals surface area (Å²) in [5.41, 5.74) is 1.07. The normalized spacial score (nSPS) is 22.3. The van der Waals surface area contributed by atoms with Gasteiger partial charge in [0.15, 0.2) is 0 Å². The summed E-state index contributed by atoms with van der Waals surface area (Å²) in [5, 5.41) is 3.22. The van der Waals surface area contributed by atoms with Crippen LogP contribution in [0.1, 0.15) is 18.9 Å². The van der Waals surface area contributed by atoms with Gasteiger partial charge in [-0.15, -0.1) is 0 Å². The van der Waals surface area contributed by atoms with Crippen LogP contribution in [-0.4, -0.2) is 56.0 Å². The van der Waals surface area contributed by atoms with E-state index in [0.29, 0.717) is 5.95 Å². The van der Waals surface area contributed by atoms with Crippen LogP contribution in [0.2, 0.25) is 0 Å². The molecule has 2 heterocycles. The molecule has 0 bridgehead atoms. The molecule has 2 rings (SSSR count). The van der Waals surface area contributed by atoms with Gasteiger partial charge in [0.05, 0.1) is 0 Å². The average molecular weight is 280 g/mol. The van der Waals surface area contributed by atoms with Crippen molar-refractivity contribution in [1.82, 2.24) is 9.97 Å². The van der Waals surface area contributed by atoms with Gasteiger partial charge in [-0.2, -0.15) is 4.98 Å². The molecule has 6 nitrogen and oxygen atoms in total. The summed E-state index contributed by atoms with van der Waals surface area (Å²) < 4.78 is 11.0. The number of methoxy groups -OCH3 is 2. The van der Waals surface area contributed by atoms with E-state index in [4.69, 9.17) is 9.47 Å². The highest BCUT2D eigenvalue weighted by atomic mass is 16.5. The number of aromatic nitrogens is 2. The number of ether oxygens (including phenoxy) is 2. The second-order valence-electron chi connectivity index (χ2n) is 5.08. The first-order valence-corrected chi connectivity index (χ1v) is 7.07. The molecular weight excluding hydrogens is 256 g/mol. The molecule has 0 amide bonds. The highest BCUT2D eigenvalue weighted by molar-refractivity contribution is 5.50. The van der Waals surface area contributed by atoms with Gasteiger partial charge in [0.2, 0.25) is 5.95 Å². The molecule has 1 fully saturated rings. The molecule has 1 aliphatic rings. The smallest absolute Gasteiger partial charge is 0.224 e. The van der Waals surface area contributed by atoms with Gasteiger partial charge in [-0.05, 0) is 13.3 Å².